The van der Waals surface area contributed by atoms with Crippen LogP contribution in [0.15, 0.2) is 134 Å². The second-order valence-corrected chi connectivity index (χ2v) is 9.21. The Labute approximate surface area is 215 Å². The van der Waals surface area contributed by atoms with Crippen LogP contribution in [0.1, 0.15) is 0 Å². The van der Waals surface area contributed by atoms with Crippen molar-refractivity contribution in [2.24, 2.45) is 0 Å². The summed E-state index contributed by atoms with van der Waals surface area (Å²) in [7, 11) is 0. The van der Waals surface area contributed by atoms with Gasteiger partial charge in [0.2, 0.25) is 0 Å². The van der Waals surface area contributed by atoms with Crippen LogP contribution in [0.25, 0.3) is 66.6 Å². The number of hydrogen-bond donors (Lipinski definition) is 1. The van der Waals surface area contributed by atoms with Crippen molar-refractivity contribution in [3.05, 3.63) is 134 Å². The molecule has 3 heteroatoms. The Balaban J connectivity index is 1.41. The fourth-order valence-electron chi connectivity index (χ4n) is 5.10. The van der Waals surface area contributed by atoms with Gasteiger partial charge in [0.25, 0.3) is 0 Å². The molecular weight excluding hydrogens is 450 g/mol. The number of H-pyrrole nitrogens is 1. The van der Waals surface area contributed by atoms with Crippen LogP contribution >= 0.6 is 0 Å². The highest BCUT2D eigenvalue weighted by Gasteiger charge is 2.16. The Kier molecular flexibility index (Phi) is 5.11. The van der Waals surface area contributed by atoms with E-state index in [1.54, 1.807) is 12.4 Å². The lowest BCUT2D eigenvalue weighted by atomic mass is 9.96. The predicted molar refractivity (Wildman–Crippen MR) is 153 cm³/mol. The highest BCUT2D eigenvalue weighted by Crippen LogP contribution is 2.40. The molecule has 174 valence electrons. The largest absolute Gasteiger partial charge is 0.354 e. The Morgan fingerprint density at radius 3 is 1.95 bits per heavy atom. The molecule has 0 bridgehead atoms. The van der Waals surface area contributed by atoms with Crippen LogP contribution in [0.4, 0.5) is 0 Å². The molecule has 0 aliphatic heterocycles. The summed E-state index contributed by atoms with van der Waals surface area (Å²) in [5.41, 5.74) is 9.95. The van der Waals surface area contributed by atoms with Crippen LogP contribution in [0, 0.1) is 0 Å². The lowest BCUT2D eigenvalue weighted by Crippen LogP contribution is -1.88. The molecule has 3 aromatic heterocycles. The molecule has 0 aliphatic rings. The maximum absolute atomic E-state index is 4.96. The third-order valence-corrected chi connectivity index (χ3v) is 6.90. The molecule has 0 fully saturated rings. The molecule has 7 rings (SSSR count). The third kappa shape index (κ3) is 3.87. The van der Waals surface area contributed by atoms with Crippen molar-refractivity contribution in [2.75, 3.05) is 0 Å². The van der Waals surface area contributed by atoms with Crippen LogP contribution in [-0.2, 0) is 0 Å². The number of rotatable bonds is 4. The lowest BCUT2D eigenvalue weighted by molar-refractivity contribution is 1.29. The van der Waals surface area contributed by atoms with Crippen molar-refractivity contribution in [3.63, 3.8) is 0 Å². The first kappa shape index (κ1) is 21.3. The zero-order chi connectivity index (χ0) is 24.6. The minimum atomic E-state index is 0.944. The topological polar surface area (TPSA) is 41.6 Å². The first-order chi connectivity index (χ1) is 18.3. The lowest BCUT2D eigenvalue weighted by Gasteiger charge is -2.08. The number of pyridine rings is 2. The van der Waals surface area contributed by atoms with E-state index in [9.17, 15) is 0 Å². The van der Waals surface area contributed by atoms with E-state index in [0.29, 0.717) is 0 Å². The molecular formula is C34H23N3. The molecule has 0 amide bonds. The van der Waals surface area contributed by atoms with Crippen LogP contribution in [-0.4, -0.2) is 15.0 Å². The summed E-state index contributed by atoms with van der Waals surface area (Å²) in [5.74, 6) is 0. The van der Waals surface area contributed by atoms with E-state index in [4.69, 9.17) is 4.98 Å². The number of nitrogens with zero attached hydrogens (tertiary/aromatic N) is 2. The molecule has 3 heterocycles. The highest BCUT2D eigenvalue weighted by molar-refractivity contribution is 6.09. The molecule has 0 saturated carbocycles. The number of nitrogens with one attached hydrogen (secondary N) is 1. The summed E-state index contributed by atoms with van der Waals surface area (Å²) < 4.78 is 0. The first-order valence-electron chi connectivity index (χ1n) is 12.4. The monoisotopic (exact) mass is 473 g/mol. The van der Waals surface area contributed by atoms with Crippen LogP contribution in [0.2, 0.25) is 0 Å². The number of aromatic amines is 1. The number of aromatic nitrogens is 3. The summed E-state index contributed by atoms with van der Waals surface area (Å²) in [6.07, 6.45) is 3.60. The van der Waals surface area contributed by atoms with Gasteiger partial charge in [-0.2, -0.15) is 0 Å². The number of benzene rings is 4. The summed E-state index contributed by atoms with van der Waals surface area (Å²) in [6, 6.07) is 42.5. The molecule has 37 heavy (non-hydrogen) atoms. The molecule has 0 spiro atoms. The van der Waals surface area contributed by atoms with E-state index in [0.717, 1.165) is 33.7 Å². The Hall–Kier alpha value is -5.02. The smallest absolute Gasteiger partial charge is 0.0710 e. The van der Waals surface area contributed by atoms with Crippen molar-refractivity contribution in [3.8, 4) is 44.9 Å². The van der Waals surface area contributed by atoms with Gasteiger partial charge in [-0.25, -0.2) is 4.98 Å². The molecule has 0 unspecified atom stereocenters. The third-order valence-electron chi connectivity index (χ3n) is 6.90. The zero-order valence-electron chi connectivity index (χ0n) is 20.1. The maximum atomic E-state index is 4.96. The summed E-state index contributed by atoms with van der Waals surface area (Å²) in [4.78, 5) is 12.8. The second-order valence-electron chi connectivity index (χ2n) is 9.21. The van der Waals surface area contributed by atoms with E-state index in [1.807, 2.05) is 18.2 Å². The van der Waals surface area contributed by atoms with Crippen molar-refractivity contribution in [1.82, 2.24) is 15.0 Å². The second kappa shape index (κ2) is 8.89. The van der Waals surface area contributed by atoms with Crippen molar-refractivity contribution in [1.29, 1.82) is 0 Å². The van der Waals surface area contributed by atoms with Crippen LogP contribution in [0.3, 0.4) is 0 Å². The SMILES string of the molecule is c1ccc(-c2[nH]c3cc4ccc(-c5cccc(-c6ccncc6)n5)cc4cc3c2-c2ccccc2)cc1. The van der Waals surface area contributed by atoms with Crippen molar-refractivity contribution >= 4 is 21.7 Å². The van der Waals surface area contributed by atoms with Crippen molar-refractivity contribution in [2.45, 2.75) is 0 Å². The Bertz CT molecular complexity index is 1850. The standard InChI is InChI=1S/C34H23N3/c1-3-8-24(9-4-1)33-29-21-28-20-27(31-13-7-12-30(36-31)23-16-18-35-19-17-23)15-14-26(28)22-32(29)37-34(33)25-10-5-2-6-11-25/h1-22,37H. The molecule has 4 aromatic carbocycles. The average Bonchev–Trinajstić information content (AvgIpc) is 3.35. The Morgan fingerprint density at radius 1 is 0.486 bits per heavy atom. The number of hydrogen-bond acceptors (Lipinski definition) is 2. The van der Waals surface area contributed by atoms with Gasteiger partial charge in [-0.3, -0.25) is 4.98 Å². The highest BCUT2D eigenvalue weighted by atomic mass is 14.7. The molecule has 3 nitrogen and oxygen atoms in total. The zero-order valence-corrected chi connectivity index (χ0v) is 20.1. The van der Waals surface area contributed by atoms with E-state index >= 15 is 0 Å². The van der Waals surface area contributed by atoms with Crippen molar-refractivity contribution < 1.29 is 0 Å². The molecule has 0 radical (unpaired) electrons. The van der Waals surface area contributed by atoms with E-state index < -0.39 is 0 Å². The average molecular weight is 474 g/mol. The summed E-state index contributed by atoms with van der Waals surface area (Å²) in [6.45, 7) is 0. The molecule has 1 N–H and O–H groups in total. The normalized spacial score (nSPS) is 11.2. The van der Waals surface area contributed by atoms with Gasteiger partial charge in [-0.1, -0.05) is 78.9 Å². The van der Waals surface area contributed by atoms with Crippen LogP contribution < -0.4 is 0 Å². The van der Waals surface area contributed by atoms with Crippen LogP contribution in [0.5, 0.6) is 0 Å². The molecule has 0 aliphatic carbocycles. The predicted octanol–water partition coefficient (Wildman–Crippen LogP) is 8.78. The summed E-state index contributed by atoms with van der Waals surface area (Å²) >= 11 is 0. The molecule has 7 aromatic rings. The van der Waals surface area contributed by atoms with Gasteiger partial charge < -0.3 is 4.98 Å². The maximum Gasteiger partial charge on any atom is 0.0710 e. The van der Waals surface area contributed by atoms with Gasteiger partial charge in [0, 0.05) is 40.0 Å². The molecule has 0 saturated heterocycles. The van der Waals surface area contributed by atoms with E-state index in [-0.39, 0.29) is 0 Å². The fourth-order valence-corrected chi connectivity index (χ4v) is 5.10. The van der Waals surface area contributed by atoms with Gasteiger partial charge in [0.05, 0.1) is 17.1 Å². The minimum absolute atomic E-state index is 0.944. The van der Waals surface area contributed by atoms with Gasteiger partial charge in [-0.05, 0) is 64.4 Å². The first-order valence-corrected chi connectivity index (χ1v) is 12.4. The summed E-state index contributed by atoms with van der Waals surface area (Å²) in [5, 5.41) is 3.60. The quantitative estimate of drug-likeness (QED) is 0.277. The van der Waals surface area contributed by atoms with Gasteiger partial charge >= 0.3 is 0 Å². The minimum Gasteiger partial charge on any atom is -0.354 e. The van der Waals surface area contributed by atoms with Gasteiger partial charge in [-0.15, -0.1) is 0 Å². The number of fused-ring (bicyclic) bond motifs is 2. The van der Waals surface area contributed by atoms with Gasteiger partial charge in [0.15, 0.2) is 0 Å². The fraction of sp³-hybridized carbons (Fsp3) is 0. The van der Waals surface area contributed by atoms with E-state index in [2.05, 4.69) is 113 Å². The Morgan fingerprint density at radius 2 is 1.19 bits per heavy atom. The van der Waals surface area contributed by atoms with E-state index in [1.165, 1.54) is 32.8 Å². The molecule has 0 atom stereocenters. The van der Waals surface area contributed by atoms with Gasteiger partial charge in [0.1, 0.15) is 0 Å².